The normalized spacial score (nSPS) is 24.0. The second-order valence-corrected chi connectivity index (χ2v) is 4.15. The van der Waals surface area contributed by atoms with E-state index in [2.05, 4.69) is 0 Å². The Balaban J connectivity index is 2.25. The maximum absolute atomic E-state index is 12.0. The Morgan fingerprint density at radius 2 is 2.24 bits per heavy atom. The SMILES string of the molecule is O=C(O)[C@@H]1C[C@@H](O)CN1C(=O)c1ccoc1Cl. The van der Waals surface area contributed by atoms with E-state index in [-0.39, 0.29) is 23.7 Å². The van der Waals surface area contributed by atoms with Crippen LogP contribution in [0.1, 0.15) is 16.8 Å². The van der Waals surface area contributed by atoms with Crippen LogP contribution in [-0.4, -0.2) is 45.7 Å². The predicted molar refractivity (Wildman–Crippen MR) is 56.8 cm³/mol. The first-order chi connectivity index (χ1) is 8.00. The summed E-state index contributed by atoms with van der Waals surface area (Å²) in [5, 5.41) is 18.3. The first kappa shape index (κ1) is 11.9. The molecule has 1 saturated heterocycles. The standard InChI is InChI=1S/C10H10ClNO5/c11-8-6(1-2-17-8)9(14)12-4-5(13)3-7(12)10(15)16/h1-2,5,7,13H,3-4H2,(H,15,16)/t5-,7+/m1/s1. The minimum Gasteiger partial charge on any atom is -0.480 e. The van der Waals surface area contributed by atoms with Crippen molar-refractivity contribution in [1.82, 2.24) is 4.90 Å². The molecule has 17 heavy (non-hydrogen) atoms. The topological polar surface area (TPSA) is 91.0 Å². The highest BCUT2D eigenvalue weighted by Crippen LogP contribution is 2.24. The maximum Gasteiger partial charge on any atom is 0.326 e. The Kier molecular flexibility index (Phi) is 3.08. The summed E-state index contributed by atoms with van der Waals surface area (Å²) in [5.74, 6) is -1.69. The van der Waals surface area contributed by atoms with E-state index < -0.39 is 24.0 Å². The highest BCUT2D eigenvalue weighted by molar-refractivity contribution is 6.32. The van der Waals surface area contributed by atoms with E-state index in [0.29, 0.717) is 0 Å². The molecular formula is C10H10ClNO5. The number of aliphatic hydroxyl groups excluding tert-OH is 1. The van der Waals surface area contributed by atoms with Gasteiger partial charge in [0.15, 0.2) is 0 Å². The van der Waals surface area contributed by atoms with Crippen LogP contribution in [0.15, 0.2) is 16.7 Å². The van der Waals surface area contributed by atoms with Gasteiger partial charge in [-0.1, -0.05) is 0 Å². The van der Waals surface area contributed by atoms with Gasteiger partial charge in [-0.05, 0) is 17.7 Å². The average molecular weight is 260 g/mol. The number of aliphatic hydroxyl groups is 1. The molecule has 0 aromatic carbocycles. The first-order valence-electron chi connectivity index (χ1n) is 4.95. The molecule has 0 radical (unpaired) electrons. The molecule has 0 unspecified atom stereocenters. The Morgan fingerprint density at radius 1 is 1.53 bits per heavy atom. The Morgan fingerprint density at radius 3 is 2.76 bits per heavy atom. The first-order valence-corrected chi connectivity index (χ1v) is 5.33. The van der Waals surface area contributed by atoms with Crippen molar-refractivity contribution in [2.24, 2.45) is 0 Å². The molecule has 2 heterocycles. The smallest absolute Gasteiger partial charge is 0.326 e. The van der Waals surface area contributed by atoms with Gasteiger partial charge in [0.2, 0.25) is 5.22 Å². The molecular weight excluding hydrogens is 250 g/mol. The van der Waals surface area contributed by atoms with Crippen LogP contribution >= 0.6 is 11.6 Å². The minimum absolute atomic E-state index is 0.0166. The molecule has 1 fully saturated rings. The van der Waals surface area contributed by atoms with Crippen molar-refractivity contribution in [2.75, 3.05) is 6.54 Å². The van der Waals surface area contributed by atoms with Gasteiger partial charge < -0.3 is 19.5 Å². The number of hydrogen-bond acceptors (Lipinski definition) is 4. The molecule has 0 bridgehead atoms. The summed E-state index contributed by atoms with van der Waals surface area (Å²) < 4.78 is 4.78. The van der Waals surface area contributed by atoms with Gasteiger partial charge in [0, 0.05) is 13.0 Å². The maximum atomic E-state index is 12.0. The molecule has 2 rings (SSSR count). The second kappa shape index (κ2) is 4.38. The fourth-order valence-electron chi connectivity index (χ4n) is 1.87. The monoisotopic (exact) mass is 259 g/mol. The van der Waals surface area contributed by atoms with Crippen LogP contribution in [0.3, 0.4) is 0 Å². The Hall–Kier alpha value is -1.53. The van der Waals surface area contributed by atoms with Gasteiger partial charge in [-0.3, -0.25) is 4.79 Å². The molecule has 2 N–H and O–H groups in total. The van der Waals surface area contributed by atoms with Gasteiger partial charge in [0.1, 0.15) is 6.04 Å². The summed E-state index contributed by atoms with van der Waals surface area (Å²) in [6.45, 7) is -0.0166. The largest absolute Gasteiger partial charge is 0.480 e. The summed E-state index contributed by atoms with van der Waals surface area (Å²) >= 11 is 5.65. The zero-order valence-electron chi connectivity index (χ0n) is 8.67. The number of carboxylic acid groups (broad SMARTS) is 1. The van der Waals surface area contributed by atoms with Crippen LogP contribution < -0.4 is 0 Å². The quantitative estimate of drug-likeness (QED) is 0.811. The molecule has 0 spiro atoms. The summed E-state index contributed by atoms with van der Waals surface area (Å²) in [4.78, 5) is 24.0. The lowest BCUT2D eigenvalue weighted by Gasteiger charge is -2.20. The number of nitrogens with zero attached hydrogens (tertiary/aromatic N) is 1. The zero-order chi connectivity index (χ0) is 12.6. The lowest BCUT2D eigenvalue weighted by molar-refractivity contribution is -0.141. The predicted octanol–water partition coefficient (Wildman–Crippen LogP) is 0.593. The number of carbonyl (C=O) groups is 2. The summed E-state index contributed by atoms with van der Waals surface area (Å²) in [6, 6.07) is 0.345. The fraction of sp³-hybridized carbons (Fsp3) is 0.400. The summed E-state index contributed by atoms with van der Waals surface area (Å²) in [5.41, 5.74) is 0.104. The number of carboxylic acids is 1. The summed E-state index contributed by atoms with van der Waals surface area (Å²) in [7, 11) is 0. The van der Waals surface area contributed by atoms with E-state index in [0.717, 1.165) is 4.90 Å². The number of halogens is 1. The van der Waals surface area contributed by atoms with Crippen LogP contribution in [0.4, 0.5) is 0 Å². The minimum atomic E-state index is -1.14. The lowest BCUT2D eigenvalue weighted by Crippen LogP contribution is -2.40. The number of furan rings is 1. The third kappa shape index (κ3) is 2.13. The van der Waals surface area contributed by atoms with Crippen molar-refractivity contribution < 1.29 is 24.2 Å². The van der Waals surface area contributed by atoms with E-state index in [1.165, 1.54) is 12.3 Å². The number of likely N-dealkylation sites (tertiary alicyclic amines) is 1. The van der Waals surface area contributed by atoms with Gasteiger partial charge in [-0.2, -0.15) is 0 Å². The fourth-order valence-corrected chi connectivity index (χ4v) is 2.07. The molecule has 7 heteroatoms. The van der Waals surface area contributed by atoms with Crippen LogP contribution in [-0.2, 0) is 4.79 Å². The number of aliphatic carboxylic acids is 1. The highest BCUT2D eigenvalue weighted by Gasteiger charge is 2.40. The number of β-amino-alcohol motifs (C(OH)–C–C–N with tert-alkyl or cyclic N) is 1. The summed E-state index contributed by atoms with van der Waals surface area (Å²) in [6.07, 6.45) is 0.444. The molecule has 1 aliphatic heterocycles. The van der Waals surface area contributed by atoms with Gasteiger partial charge in [0.05, 0.1) is 17.9 Å². The van der Waals surface area contributed by atoms with Crippen molar-refractivity contribution in [3.05, 3.63) is 23.1 Å². The molecule has 1 aliphatic rings. The number of hydrogen-bond donors (Lipinski definition) is 2. The molecule has 0 aliphatic carbocycles. The molecule has 1 aromatic heterocycles. The third-order valence-electron chi connectivity index (χ3n) is 2.67. The van der Waals surface area contributed by atoms with Crippen LogP contribution in [0.5, 0.6) is 0 Å². The van der Waals surface area contributed by atoms with Crippen molar-refractivity contribution in [3.8, 4) is 0 Å². The molecule has 1 amide bonds. The second-order valence-electron chi connectivity index (χ2n) is 3.81. The molecule has 0 saturated carbocycles. The van der Waals surface area contributed by atoms with Gasteiger partial charge in [-0.25, -0.2) is 4.79 Å². The van der Waals surface area contributed by atoms with Crippen LogP contribution in [0, 0.1) is 0 Å². The van der Waals surface area contributed by atoms with E-state index in [1.54, 1.807) is 0 Å². The van der Waals surface area contributed by atoms with E-state index >= 15 is 0 Å². The molecule has 92 valence electrons. The number of rotatable bonds is 2. The van der Waals surface area contributed by atoms with Crippen molar-refractivity contribution >= 4 is 23.5 Å². The molecule has 1 aromatic rings. The highest BCUT2D eigenvalue weighted by atomic mass is 35.5. The molecule has 2 atom stereocenters. The average Bonchev–Trinajstić information content (AvgIpc) is 2.83. The van der Waals surface area contributed by atoms with Gasteiger partial charge in [-0.15, -0.1) is 0 Å². The number of carbonyl (C=O) groups excluding carboxylic acids is 1. The lowest BCUT2D eigenvalue weighted by atomic mass is 10.2. The zero-order valence-corrected chi connectivity index (χ0v) is 9.42. The van der Waals surface area contributed by atoms with E-state index in [9.17, 15) is 14.7 Å². The van der Waals surface area contributed by atoms with E-state index in [4.69, 9.17) is 21.1 Å². The van der Waals surface area contributed by atoms with Crippen molar-refractivity contribution in [3.63, 3.8) is 0 Å². The van der Waals surface area contributed by atoms with E-state index in [1.807, 2.05) is 0 Å². The molecule has 6 nitrogen and oxygen atoms in total. The van der Waals surface area contributed by atoms with Gasteiger partial charge >= 0.3 is 5.97 Å². The Labute approximate surface area is 101 Å². The van der Waals surface area contributed by atoms with Gasteiger partial charge in [0.25, 0.3) is 5.91 Å². The van der Waals surface area contributed by atoms with Crippen molar-refractivity contribution in [1.29, 1.82) is 0 Å². The van der Waals surface area contributed by atoms with Crippen LogP contribution in [0.2, 0.25) is 5.22 Å². The third-order valence-corrected chi connectivity index (χ3v) is 2.97. The Bertz CT molecular complexity index is 457. The van der Waals surface area contributed by atoms with Crippen LogP contribution in [0.25, 0.3) is 0 Å². The number of amides is 1. The van der Waals surface area contributed by atoms with Crippen molar-refractivity contribution in [2.45, 2.75) is 18.6 Å².